The van der Waals surface area contributed by atoms with Gasteiger partial charge in [-0.05, 0) is 48.9 Å². The first-order valence-electron chi connectivity index (χ1n) is 9.36. The predicted molar refractivity (Wildman–Crippen MR) is 97.9 cm³/mol. The molecule has 0 saturated carbocycles. The van der Waals surface area contributed by atoms with Gasteiger partial charge >= 0.3 is 0 Å². The van der Waals surface area contributed by atoms with E-state index in [1.807, 2.05) is 4.90 Å². The van der Waals surface area contributed by atoms with Crippen LogP contribution in [0.2, 0.25) is 0 Å². The predicted octanol–water partition coefficient (Wildman–Crippen LogP) is 1.14. The van der Waals surface area contributed by atoms with Gasteiger partial charge in [-0.2, -0.15) is 19.3 Å². The molecule has 0 unspecified atom stereocenters. The number of piperidine rings is 1. The fourth-order valence-electron chi connectivity index (χ4n) is 4.45. The number of aromatic nitrogens is 3. The average Bonchev–Trinajstić information content (AvgIpc) is 3.35. The summed E-state index contributed by atoms with van der Waals surface area (Å²) in [5.41, 5.74) is 2.92. The number of hydrogen-bond acceptors (Lipinski definition) is 5. The maximum absolute atomic E-state index is 13.2. The lowest BCUT2D eigenvalue weighted by Crippen LogP contribution is -2.39. The molecule has 1 saturated heterocycles. The molecule has 1 aromatic carbocycles. The number of sulfonamides is 1. The molecule has 0 aliphatic carbocycles. The minimum Gasteiger partial charge on any atom is -0.312 e. The van der Waals surface area contributed by atoms with Gasteiger partial charge in [0.2, 0.25) is 15.9 Å². The molecule has 0 atom stereocenters. The van der Waals surface area contributed by atoms with Crippen LogP contribution in [0.5, 0.6) is 0 Å². The van der Waals surface area contributed by atoms with Crippen molar-refractivity contribution in [2.75, 3.05) is 24.5 Å². The summed E-state index contributed by atoms with van der Waals surface area (Å²) in [6, 6.07) is 3.70. The van der Waals surface area contributed by atoms with Gasteiger partial charge in [-0.3, -0.25) is 4.79 Å². The quantitative estimate of drug-likeness (QED) is 0.788. The van der Waals surface area contributed by atoms with Crippen molar-refractivity contribution in [3.05, 3.63) is 35.7 Å². The van der Waals surface area contributed by atoms with Crippen molar-refractivity contribution >= 4 is 21.6 Å². The number of anilines is 1. The number of nitrogens with zero attached hydrogens (tertiary/aromatic N) is 5. The summed E-state index contributed by atoms with van der Waals surface area (Å²) < 4.78 is 28.0. The third-order valence-corrected chi connectivity index (χ3v) is 7.73. The van der Waals surface area contributed by atoms with Crippen molar-refractivity contribution in [2.45, 2.75) is 43.0 Å². The minimum absolute atomic E-state index is 0.145. The van der Waals surface area contributed by atoms with Crippen molar-refractivity contribution in [2.24, 2.45) is 0 Å². The zero-order valence-electron chi connectivity index (χ0n) is 14.9. The van der Waals surface area contributed by atoms with E-state index < -0.39 is 10.0 Å². The van der Waals surface area contributed by atoms with Crippen molar-refractivity contribution in [3.8, 4) is 0 Å². The highest BCUT2D eigenvalue weighted by Crippen LogP contribution is 2.39. The molecule has 27 heavy (non-hydrogen) atoms. The van der Waals surface area contributed by atoms with Gasteiger partial charge in [0.1, 0.15) is 0 Å². The number of carbonyl (C=O) groups excluding carboxylic acids is 1. The first kappa shape index (κ1) is 16.9. The van der Waals surface area contributed by atoms with Crippen molar-refractivity contribution in [3.63, 3.8) is 0 Å². The van der Waals surface area contributed by atoms with E-state index >= 15 is 0 Å². The molecule has 0 bridgehead atoms. The maximum Gasteiger partial charge on any atom is 0.243 e. The van der Waals surface area contributed by atoms with E-state index in [2.05, 4.69) is 10.2 Å². The summed E-state index contributed by atoms with van der Waals surface area (Å²) in [6.07, 6.45) is 6.50. The summed E-state index contributed by atoms with van der Waals surface area (Å²) in [4.78, 5) is 15.9. The summed E-state index contributed by atoms with van der Waals surface area (Å²) in [6.45, 7) is 1.59. The number of rotatable bonds is 3. The van der Waals surface area contributed by atoms with E-state index in [-0.39, 0.29) is 11.9 Å². The van der Waals surface area contributed by atoms with Crippen molar-refractivity contribution in [1.82, 2.24) is 19.3 Å². The van der Waals surface area contributed by atoms with E-state index in [0.717, 1.165) is 23.2 Å². The zero-order valence-corrected chi connectivity index (χ0v) is 15.7. The SMILES string of the molecule is O=C1CCc2cc(S(=O)(=O)N3CCC(n4nccn4)CC3)cc3c2N1CC3. The molecule has 3 aliphatic rings. The Kier molecular flexibility index (Phi) is 3.83. The molecule has 0 radical (unpaired) electrons. The van der Waals surface area contributed by atoms with E-state index in [1.165, 1.54) is 0 Å². The number of hydrogen-bond donors (Lipinski definition) is 0. The van der Waals surface area contributed by atoms with Gasteiger partial charge in [-0.25, -0.2) is 8.42 Å². The van der Waals surface area contributed by atoms with Gasteiger partial charge < -0.3 is 4.90 Å². The van der Waals surface area contributed by atoms with E-state index in [0.29, 0.717) is 50.2 Å². The fraction of sp³-hybridized carbons (Fsp3) is 0.500. The second kappa shape index (κ2) is 6.13. The molecule has 0 spiro atoms. The van der Waals surface area contributed by atoms with Gasteiger partial charge in [0.25, 0.3) is 0 Å². The molecule has 2 aromatic rings. The number of amides is 1. The smallest absolute Gasteiger partial charge is 0.243 e. The van der Waals surface area contributed by atoms with Crippen LogP contribution >= 0.6 is 0 Å². The van der Waals surface area contributed by atoms with Crippen LogP contribution in [0, 0.1) is 0 Å². The molecule has 1 aromatic heterocycles. The number of carbonyl (C=O) groups is 1. The lowest BCUT2D eigenvalue weighted by molar-refractivity contribution is -0.118. The van der Waals surface area contributed by atoms with E-state index in [1.54, 1.807) is 33.6 Å². The van der Waals surface area contributed by atoms with Crippen LogP contribution in [-0.4, -0.2) is 53.3 Å². The zero-order chi connectivity index (χ0) is 18.6. The number of aryl methyl sites for hydroxylation is 1. The molecular weight excluding hydrogens is 366 g/mol. The fourth-order valence-corrected chi connectivity index (χ4v) is 6.02. The monoisotopic (exact) mass is 387 g/mol. The van der Waals surface area contributed by atoms with Crippen molar-refractivity contribution in [1.29, 1.82) is 0 Å². The van der Waals surface area contributed by atoms with Crippen LogP contribution in [0.4, 0.5) is 5.69 Å². The van der Waals surface area contributed by atoms with Gasteiger partial charge in [0, 0.05) is 26.1 Å². The molecule has 0 N–H and O–H groups in total. The Hall–Kier alpha value is -2.26. The third kappa shape index (κ3) is 2.68. The molecule has 1 amide bonds. The van der Waals surface area contributed by atoms with Crippen LogP contribution < -0.4 is 4.90 Å². The first-order valence-corrected chi connectivity index (χ1v) is 10.8. The number of benzene rings is 1. The highest BCUT2D eigenvalue weighted by molar-refractivity contribution is 7.89. The molecule has 3 aliphatic heterocycles. The Labute approximate surface area is 157 Å². The molecule has 4 heterocycles. The normalized spacial score (nSPS) is 20.9. The van der Waals surface area contributed by atoms with Gasteiger partial charge in [-0.1, -0.05) is 0 Å². The summed E-state index contributed by atoms with van der Waals surface area (Å²) in [5.74, 6) is 0.145. The highest BCUT2D eigenvalue weighted by atomic mass is 32.2. The average molecular weight is 387 g/mol. The Morgan fingerprint density at radius 3 is 2.30 bits per heavy atom. The molecule has 142 valence electrons. The second-order valence-corrected chi connectivity index (χ2v) is 9.31. The minimum atomic E-state index is -3.54. The molecular formula is C18H21N5O3S. The lowest BCUT2D eigenvalue weighted by atomic mass is 10.00. The van der Waals surface area contributed by atoms with Crippen LogP contribution in [-0.2, 0) is 27.7 Å². The molecule has 5 rings (SSSR count). The molecule has 8 nitrogen and oxygen atoms in total. The van der Waals surface area contributed by atoms with Gasteiger partial charge in [0.05, 0.1) is 29.0 Å². The standard InChI is InChI=1S/C18H21N5O3S/c24-17-2-1-13-11-16(12-14-3-10-22(17)18(13)14)27(25,26)21-8-4-15(5-9-21)23-19-6-7-20-23/h6-7,11-12,15H,1-5,8-10H2. The van der Waals surface area contributed by atoms with Crippen LogP contribution in [0.25, 0.3) is 0 Å². The summed E-state index contributed by atoms with van der Waals surface area (Å²) in [5, 5.41) is 8.34. The Balaban J connectivity index is 1.41. The maximum atomic E-state index is 13.2. The van der Waals surface area contributed by atoms with E-state index in [9.17, 15) is 13.2 Å². The van der Waals surface area contributed by atoms with Crippen LogP contribution in [0.1, 0.15) is 36.4 Å². The largest absolute Gasteiger partial charge is 0.312 e. The second-order valence-electron chi connectivity index (χ2n) is 7.37. The third-order valence-electron chi connectivity index (χ3n) is 5.85. The van der Waals surface area contributed by atoms with Crippen LogP contribution in [0.3, 0.4) is 0 Å². The van der Waals surface area contributed by atoms with Crippen molar-refractivity contribution < 1.29 is 13.2 Å². The first-order chi connectivity index (χ1) is 13.0. The van der Waals surface area contributed by atoms with Crippen LogP contribution in [0.15, 0.2) is 29.4 Å². The van der Waals surface area contributed by atoms with E-state index in [4.69, 9.17) is 0 Å². The van der Waals surface area contributed by atoms with Gasteiger partial charge in [0.15, 0.2) is 0 Å². The summed E-state index contributed by atoms with van der Waals surface area (Å²) in [7, 11) is -3.54. The Bertz CT molecular complexity index is 994. The lowest BCUT2D eigenvalue weighted by Gasteiger charge is -2.31. The topological polar surface area (TPSA) is 88.4 Å². The highest BCUT2D eigenvalue weighted by Gasteiger charge is 2.35. The Morgan fingerprint density at radius 2 is 1.59 bits per heavy atom. The molecule has 9 heteroatoms. The summed E-state index contributed by atoms with van der Waals surface area (Å²) >= 11 is 0. The molecule has 1 fully saturated rings. The Morgan fingerprint density at radius 1 is 0.926 bits per heavy atom. The van der Waals surface area contributed by atoms with Gasteiger partial charge in [-0.15, -0.1) is 0 Å².